The standard InChI is InChI=1S/C70H125NO8/c1-6-8-10-12-14-16-18-20-22-24-26-27-28-29-30-31-32-33-34-35-36-37-38-39-40-41-43-45-47-49-51-53-55-57-59-61-68(73)79-66(65-78-70(69(74)75)76-63-62-71(3,4)5)64-77-67(72)60-58-56-54-52-50-48-46-44-42-25-23-21-19-17-15-13-11-9-7-2/h8,10,14-17,20-23,26-27,66,70H,6-7,9,11-13,18-19,24-25,28-65H2,1-5H3/p+1/b10-8-,16-14-,17-15-,22-20-,23-21-,27-26-. The minimum Gasteiger partial charge on any atom is -0.477 e. The van der Waals surface area contributed by atoms with Crippen LogP contribution in [0.15, 0.2) is 72.9 Å². The number of likely N-dealkylation sites (N-methyl/N-ethyl adjacent to an activating group) is 1. The summed E-state index contributed by atoms with van der Waals surface area (Å²) in [6, 6.07) is 0. The van der Waals surface area contributed by atoms with Gasteiger partial charge in [0.2, 0.25) is 0 Å². The minimum absolute atomic E-state index is 0.183. The second-order valence-electron chi connectivity index (χ2n) is 23.4. The van der Waals surface area contributed by atoms with Crippen molar-refractivity contribution in [3.05, 3.63) is 72.9 Å². The second-order valence-corrected chi connectivity index (χ2v) is 23.4. The zero-order valence-corrected chi connectivity index (χ0v) is 52.3. The molecule has 9 nitrogen and oxygen atoms in total. The van der Waals surface area contributed by atoms with E-state index in [-0.39, 0.29) is 32.2 Å². The number of unbranched alkanes of at least 4 members (excludes halogenated alkanes) is 34. The Morgan fingerprint density at radius 2 is 0.722 bits per heavy atom. The minimum atomic E-state index is -1.51. The molecule has 0 amide bonds. The summed E-state index contributed by atoms with van der Waals surface area (Å²) in [4.78, 5) is 37.5. The van der Waals surface area contributed by atoms with E-state index >= 15 is 0 Å². The summed E-state index contributed by atoms with van der Waals surface area (Å²) in [5.74, 6) is -2.00. The van der Waals surface area contributed by atoms with Gasteiger partial charge in [0.1, 0.15) is 13.2 Å². The van der Waals surface area contributed by atoms with E-state index in [1.165, 1.54) is 199 Å². The van der Waals surface area contributed by atoms with E-state index in [0.717, 1.165) is 70.6 Å². The van der Waals surface area contributed by atoms with Gasteiger partial charge in [-0.3, -0.25) is 9.59 Å². The first-order valence-corrected chi connectivity index (χ1v) is 33.1. The van der Waals surface area contributed by atoms with Crippen molar-refractivity contribution in [3.63, 3.8) is 0 Å². The van der Waals surface area contributed by atoms with E-state index in [9.17, 15) is 19.5 Å². The average Bonchev–Trinajstić information content (AvgIpc) is 3.42. The number of carboxylic acid groups (broad SMARTS) is 1. The number of hydrogen-bond donors (Lipinski definition) is 1. The molecule has 0 heterocycles. The van der Waals surface area contributed by atoms with Crippen molar-refractivity contribution in [2.24, 2.45) is 0 Å². The number of carboxylic acids is 1. The van der Waals surface area contributed by atoms with Gasteiger partial charge in [-0.05, 0) is 83.5 Å². The molecule has 0 aliphatic heterocycles. The van der Waals surface area contributed by atoms with Gasteiger partial charge in [0.25, 0.3) is 6.29 Å². The van der Waals surface area contributed by atoms with Gasteiger partial charge >= 0.3 is 17.9 Å². The van der Waals surface area contributed by atoms with Crippen LogP contribution in [-0.4, -0.2) is 87.4 Å². The zero-order chi connectivity index (χ0) is 57.6. The summed E-state index contributed by atoms with van der Waals surface area (Å²) in [6.45, 7) is 4.77. The van der Waals surface area contributed by atoms with E-state index in [1.807, 2.05) is 21.1 Å². The third kappa shape index (κ3) is 62.2. The number of esters is 2. The Balaban J connectivity index is 4.06. The van der Waals surface area contributed by atoms with Crippen molar-refractivity contribution in [1.82, 2.24) is 0 Å². The fourth-order valence-corrected chi connectivity index (χ4v) is 9.39. The summed E-state index contributed by atoms with van der Waals surface area (Å²) in [7, 11) is 5.98. The van der Waals surface area contributed by atoms with Gasteiger partial charge in [0, 0.05) is 12.8 Å². The fraction of sp³-hybridized carbons (Fsp3) is 0.786. The number of carbonyl (C=O) groups is 3. The van der Waals surface area contributed by atoms with Crippen LogP contribution in [0.5, 0.6) is 0 Å². The number of quaternary nitrogens is 1. The van der Waals surface area contributed by atoms with Gasteiger partial charge in [-0.15, -0.1) is 0 Å². The third-order valence-electron chi connectivity index (χ3n) is 14.4. The van der Waals surface area contributed by atoms with Crippen LogP contribution in [0.3, 0.4) is 0 Å². The molecule has 0 bridgehead atoms. The Hall–Kier alpha value is -3.27. The largest absolute Gasteiger partial charge is 0.477 e. The molecule has 0 spiro atoms. The summed E-state index contributed by atoms with van der Waals surface area (Å²) in [6.07, 6.45) is 77.2. The van der Waals surface area contributed by atoms with E-state index < -0.39 is 24.3 Å². The summed E-state index contributed by atoms with van der Waals surface area (Å²) >= 11 is 0. The van der Waals surface area contributed by atoms with Gasteiger partial charge in [0.05, 0.1) is 34.4 Å². The first-order chi connectivity index (χ1) is 38.6. The molecule has 0 aliphatic rings. The highest BCUT2D eigenvalue weighted by atomic mass is 16.7. The average molecular weight is 1110 g/mol. The Morgan fingerprint density at radius 3 is 1.08 bits per heavy atom. The fourth-order valence-electron chi connectivity index (χ4n) is 9.39. The van der Waals surface area contributed by atoms with Gasteiger partial charge in [-0.1, -0.05) is 273 Å². The van der Waals surface area contributed by atoms with Crippen molar-refractivity contribution in [2.45, 2.75) is 309 Å². The van der Waals surface area contributed by atoms with Crippen molar-refractivity contribution < 1.29 is 42.9 Å². The van der Waals surface area contributed by atoms with E-state index in [1.54, 1.807) is 0 Å². The molecule has 1 N–H and O–H groups in total. The lowest BCUT2D eigenvalue weighted by Crippen LogP contribution is -2.40. The molecular weight excluding hydrogens is 983 g/mol. The quantitative estimate of drug-likeness (QED) is 0.0211. The van der Waals surface area contributed by atoms with Crippen LogP contribution in [0.2, 0.25) is 0 Å². The Kier molecular flexibility index (Phi) is 58.3. The third-order valence-corrected chi connectivity index (χ3v) is 14.4. The highest BCUT2D eigenvalue weighted by Gasteiger charge is 2.25. The van der Waals surface area contributed by atoms with Crippen molar-refractivity contribution in [1.29, 1.82) is 0 Å². The first-order valence-electron chi connectivity index (χ1n) is 33.1. The lowest BCUT2D eigenvalue weighted by Gasteiger charge is -2.25. The SMILES string of the molecule is CC/C=C\C/C=C\C/C=C\C/C=C\CCCCCCCCCCCCCCCCCCCCCCCCC(=O)OC(COC(=O)CCCCCCCCCCC/C=C\C/C=C\CCCCC)COC(OCC[N+](C)(C)C)C(=O)O. The molecule has 0 rings (SSSR count). The van der Waals surface area contributed by atoms with Crippen LogP contribution in [0.25, 0.3) is 0 Å². The van der Waals surface area contributed by atoms with E-state index in [2.05, 4.69) is 86.8 Å². The molecule has 0 aromatic heterocycles. The number of ether oxygens (including phenoxy) is 4. The molecule has 0 radical (unpaired) electrons. The van der Waals surface area contributed by atoms with Crippen LogP contribution < -0.4 is 0 Å². The Labute approximate surface area is 487 Å². The summed E-state index contributed by atoms with van der Waals surface area (Å²) in [5, 5.41) is 9.73. The van der Waals surface area contributed by atoms with Gasteiger partial charge in [-0.2, -0.15) is 0 Å². The zero-order valence-electron chi connectivity index (χ0n) is 52.3. The normalized spacial score (nSPS) is 13.2. The summed E-state index contributed by atoms with van der Waals surface area (Å²) < 4.78 is 22.9. The topological polar surface area (TPSA) is 108 Å². The maximum Gasteiger partial charge on any atom is 0.361 e. The summed E-state index contributed by atoms with van der Waals surface area (Å²) in [5.41, 5.74) is 0. The van der Waals surface area contributed by atoms with E-state index in [0.29, 0.717) is 17.4 Å². The van der Waals surface area contributed by atoms with Gasteiger partial charge < -0.3 is 28.5 Å². The molecule has 0 fully saturated rings. The highest BCUT2D eigenvalue weighted by Crippen LogP contribution is 2.18. The lowest BCUT2D eigenvalue weighted by atomic mass is 10.0. The number of carbonyl (C=O) groups excluding carboxylic acids is 2. The van der Waals surface area contributed by atoms with Crippen LogP contribution in [-0.2, 0) is 33.3 Å². The lowest BCUT2D eigenvalue weighted by molar-refractivity contribution is -0.870. The number of aliphatic carboxylic acids is 1. The maximum absolute atomic E-state index is 12.9. The number of hydrogen-bond acceptors (Lipinski definition) is 7. The monoisotopic (exact) mass is 1110 g/mol. The maximum atomic E-state index is 12.9. The second kappa shape index (κ2) is 60.8. The molecule has 0 saturated carbocycles. The Bertz CT molecular complexity index is 1520. The molecule has 0 aromatic rings. The molecule has 2 unspecified atom stereocenters. The van der Waals surface area contributed by atoms with Crippen LogP contribution in [0.4, 0.5) is 0 Å². The van der Waals surface area contributed by atoms with Gasteiger partial charge in [0.15, 0.2) is 6.10 Å². The number of nitrogens with zero attached hydrogens (tertiary/aromatic N) is 1. The van der Waals surface area contributed by atoms with E-state index in [4.69, 9.17) is 18.9 Å². The molecule has 0 saturated heterocycles. The number of allylic oxidation sites excluding steroid dienone is 12. The van der Waals surface area contributed by atoms with Crippen LogP contribution in [0.1, 0.15) is 296 Å². The van der Waals surface area contributed by atoms with Crippen molar-refractivity contribution >= 4 is 17.9 Å². The molecule has 9 heteroatoms. The van der Waals surface area contributed by atoms with Crippen LogP contribution >= 0.6 is 0 Å². The molecule has 0 aromatic carbocycles. The van der Waals surface area contributed by atoms with Crippen molar-refractivity contribution in [2.75, 3.05) is 47.5 Å². The molecule has 0 aliphatic carbocycles. The Morgan fingerprint density at radius 1 is 0.392 bits per heavy atom. The predicted molar refractivity (Wildman–Crippen MR) is 336 cm³/mol. The molecular formula is C70H126NO8+. The molecule has 458 valence electrons. The first kappa shape index (κ1) is 75.7. The van der Waals surface area contributed by atoms with Crippen LogP contribution in [0, 0.1) is 0 Å². The van der Waals surface area contributed by atoms with Crippen molar-refractivity contribution in [3.8, 4) is 0 Å². The highest BCUT2D eigenvalue weighted by molar-refractivity contribution is 5.71. The smallest absolute Gasteiger partial charge is 0.361 e. The van der Waals surface area contributed by atoms with Gasteiger partial charge in [-0.25, -0.2) is 4.79 Å². The molecule has 79 heavy (non-hydrogen) atoms. The molecule has 2 atom stereocenters. The number of rotatable bonds is 61. The predicted octanol–water partition coefficient (Wildman–Crippen LogP) is 20.1.